The summed E-state index contributed by atoms with van der Waals surface area (Å²) in [6, 6.07) is 7.78. The third-order valence-corrected chi connectivity index (χ3v) is 5.72. The van der Waals surface area contributed by atoms with E-state index in [-0.39, 0.29) is 17.3 Å². The molecule has 1 unspecified atom stereocenters. The lowest BCUT2D eigenvalue weighted by atomic mass is 10.2. The van der Waals surface area contributed by atoms with Crippen molar-refractivity contribution in [3.8, 4) is 16.5 Å². The van der Waals surface area contributed by atoms with Gasteiger partial charge in [-0.15, -0.1) is 11.3 Å². The van der Waals surface area contributed by atoms with Crippen LogP contribution in [0.1, 0.15) is 13.0 Å². The second kappa shape index (κ2) is 8.35. The van der Waals surface area contributed by atoms with Crippen LogP contribution in [-0.2, 0) is 14.8 Å². The number of H-pyrrole nitrogens is 1. The van der Waals surface area contributed by atoms with Gasteiger partial charge < -0.3 is 10.1 Å². The van der Waals surface area contributed by atoms with Crippen LogP contribution in [0.5, 0.6) is 5.75 Å². The van der Waals surface area contributed by atoms with Crippen molar-refractivity contribution >= 4 is 50.9 Å². The molecule has 0 bridgehead atoms. The Morgan fingerprint density at radius 3 is 2.76 bits per heavy atom. The van der Waals surface area contributed by atoms with Gasteiger partial charge in [-0.05, 0) is 42.7 Å². The minimum Gasteiger partial charge on any atom is -0.494 e. The molecule has 2 aromatic heterocycles. The van der Waals surface area contributed by atoms with Gasteiger partial charge >= 0.3 is 0 Å². The van der Waals surface area contributed by atoms with Crippen LogP contribution >= 0.6 is 23.6 Å². The minimum atomic E-state index is -3.46. The molecule has 12 heteroatoms. The summed E-state index contributed by atoms with van der Waals surface area (Å²) >= 11 is 6.79. The monoisotopic (exact) mass is 453 g/mol. The fourth-order valence-electron chi connectivity index (χ4n) is 2.66. The van der Waals surface area contributed by atoms with E-state index < -0.39 is 16.1 Å². The Morgan fingerprint density at radius 1 is 1.38 bits per heavy atom. The van der Waals surface area contributed by atoms with Crippen molar-refractivity contribution in [1.29, 1.82) is 0 Å². The first-order valence-electron chi connectivity index (χ1n) is 8.37. The van der Waals surface area contributed by atoms with Crippen LogP contribution in [0, 0.1) is 4.77 Å². The molecule has 0 aliphatic carbocycles. The van der Waals surface area contributed by atoms with E-state index in [2.05, 4.69) is 20.2 Å². The number of benzene rings is 1. The zero-order valence-corrected chi connectivity index (χ0v) is 18.2. The first kappa shape index (κ1) is 21.0. The quantitative estimate of drug-likeness (QED) is 0.473. The maximum atomic E-state index is 12.8. The first-order valence-corrected chi connectivity index (χ1v) is 11.5. The number of methoxy groups -OCH3 is 1. The van der Waals surface area contributed by atoms with Gasteiger partial charge in [-0.1, -0.05) is 6.07 Å². The second-order valence-corrected chi connectivity index (χ2v) is 9.24. The molecule has 3 rings (SSSR count). The van der Waals surface area contributed by atoms with E-state index in [1.807, 2.05) is 17.5 Å². The number of thiophene rings is 1. The van der Waals surface area contributed by atoms with Gasteiger partial charge in [0.05, 0.1) is 23.9 Å². The number of nitrogens with one attached hydrogen (secondary N) is 3. The van der Waals surface area contributed by atoms with Gasteiger partial charge in [0.15, 0.2) is 10.6 Å². The zero-order valence-electron chi connectivity index (χ0n) is 15.8. The topological polar surface area (TPSA) is 118 Å². The molecule has 0 aliphatic heterocycles. The summed E-state index contributed by atoms with van der Waals surface area (Å²) in [5.41, 5.74) is 0.725. The summed E-state index contributed by atoms with van der Waals surface area (Å²) in [6.07, 6.45) is 1.05. The summed E-state index contributed by atoms with van der Waals surface area (Å²) in [6.45, 7) is 1.72. The molecule has 0 radical (unpaired) electrons. The summed E-state index contributed by atoms with van der Waals surface area (Å²) in [4.78, 5) is 13.7. The highest BCUT2D eigenvalue weighted by Gasteiger charge is 2.22. The molecule has 0 saturated heterocycles. The van der Waals surface area contributed by atoms with E-state index >= 15 is 0 Å². The number of nitrogens with zero attached hydrogens (tertiary/aromatic N) is 2. The molecule has 0 aliphatic rings. The lowest BCUT2D eigenvalue weighted by Gasteiger charge is -2.16. The Hall–Kier alpha value is -2.70. The molecular formula is C17H19N5O4S3. The molecule has 1 amide bonds. The standard InChI is InChI=1S/C17H19N5O4S3/c1-10(22-15(19-20-17(22)27)14-5-4-8-28-14)16(23)18-11-6-7-12(13(9-11)26-2)21-29(3,24)25/h4-10,21H,1-3H3,(H,18,23)(H,20,27). The van der Waals surface area contributed by atoms with Crippen molar-refractivity contribution < 1.29 is 17.9 Å². The number of ether oxygens (including phenoxy) is 1. The number of carbonyl (C=O) groups is 1. The van der Waals surface area contributed by atoms with Crippen molar-refractivity contribution in [3.63, 3.8) is 0 Å². The lowest BCUT2D eigenvalue weighted by Crippen LogP contribution is -2.24. The van der Waals surface area contributed by atoms with E-state index in [1.165, 1.54) is 30.6 Å². The normalized spacial score (nSPS) is 12.4. The molecular weight excluding hydrogens is 434 g/mol. The molecule has 29 heavy (non-hydrogen) atoms. The van der Waals surface area contributed by atoms with E-state index in [1.54, 1.807) is 17.6 Å². The maximum Gasteiger partial charge on any atom is 0.247 e. The molecule has 0 saturated carbocycles. The summed E-state index contributed by atoms with van der Waals surface area (Å²) in [5, 5.41) is 11.7. The Balaban J connectivity index is 1.84. The molecule has 1 aromatic carbocycles. The van der Waals surface area contributed by atoms with Gasteiger partial charge in [0, 0.05) is 11.8 Å². The predicted molar refractivity (Wildman–Crippen MR) is 116 cm³/mol. The van der Waals surface area contributed by atoms with Crippen LogP contribution in [0.3, 0.4) is 0 Å². The van der Waals surface area contributed by atoms with E-state index in [0.717, 1.165) is 11.1 Å². The van der Waals surface area contributed by atoms with Crippen LogP contribution in [0.15, 0.2) is 35.7 Å². The largest absolute Gasteiger partial charge is 0.494 e. The molecule has 0 fully saturated rings. The van der Waals surface area contributed by atoms with Gasteiger partial charge in [-0.2, -0.15) is 5.10 Å². The van der Waals surface area contributed by atoms with E-state index in [9.17, 15) is 13.2 Å². The summed E-state index contributed by atoms with van der Waals surface area (Å²) in [7, 11) is -2.05. The van der Waals surface area contributed by atoms with Crippen LogP contribution in [0.4, 0.5) is 11.4 Å². The Kier molecular flexibility index (Phi) is 6.05. The van der Waals surface area contributed by atoms with Gasteiger partial charge in [-0.25, -0.2) is 8.42 Å². The fourth-order valence-corrected chi connectivity index (χ4v) is 4.23. The number of aromatic nitrogens is 3. The van der Waals surface area contributed by atoms with Gasteiger partial charge in [0.25, 0.3) is 0 Å². The number of amides is 1. The Morgan fingerprint density at radius 2 is 2.14 bits per heavy atom. The van der Waals surface area contributed by atoms with Gasteiger partial charge in [0.1, 0.15) is 11.8 Å². The number of rotatable bonds is 7. The van der Waals surface area contributed by atoms with Crippen LogP contribution in [0.25, 0.3) is 10.7 Å². The van der Waals surface area contributed by atoms with Gasteiger partial charge in [0.2, 0.25) is 15.9 Å². The van der Waals surface area contributed by atoms with Crippen LogP contribution in [-0.4, -0.2) is 42.5 Å². The maximum absolute atomic E-state index is 12.8. The molecule has 1 atom stereocenters. The van der Waals surface area contributed by atoms with Crippen molar-refractivity contribution in [3.05, 3.63) is 40.5 Å². The van der Waals surface area contributed by atoms with Crippen molar-refractivity contribution in [1.82, 2.24) is 14.8 Å². The average molecular weight is 454 g/mol. The average Bonchev–Trinajstić information content (AvgIpc) is 3.30. The SMILES string of the molecule is COc1cc(NC(=O)C(C)n2c(-c3cccs3)n[nH]c2=S)ccc1NS(C)(=O)=O. The smallest absolute Gasteiger partial charge is 0.247 e. The number of anilines is 2. The Bertz CT molecular complexity index is 1180. The minimum absolute atomic E-state index is 0.276. The molecule has 9 nitrogen and oxygen atoms in total. The zero-order chi connectivity index (χ0) is 21.2. The number of aromatic amines is 1. The second-order valence-electron chi connectivity index (χ2n) is 6.15. The molecule has 154 valence electrons. The van der Waals surface area contributed by atoms with Crippen molar-refractivity contribution in [2.45, 2.75) is 13.0 Å². The van der Waals surface area contributed by atoms with Crippen molar-refractivity contribution in [2.75, 3.05) is 23.4 Å². The molecule has 3 N–H and O–H groups in total. The first-order chi connectivity index (χ1) is 13.7. The lowest BCUT2D eigenvalue weighted by molar-refractivity contribution is -0.118. The Labute approximate surface area is 176 Å². The highest BCUT2D eigenvalue weighted by Crippen LogP contribution is 2.30. The highest BCUT2D eigenvalue weighted by atomic mass is 32.2. The number of hydrogen-bond acceptors (Lipinski definition) is 7. The van der Waals surface area contributed by atoms with Gasteiger partial charge in [-0.3, -0.25) is 19.2 Å². The molecule has 3 aromatic rings. The van der Waals surface area contributed by atoms with Crippen LogP contribution < -0.4 is 14.8 Å². The summed E-state index contributed by atoms with van der Waals surface area (Å²) in [5.74, 6) is 0.546. The number of carbonyl (C=O) groups excluding carboxylic acids is 1. The third-order valence-electron chi connectivity index (χ3n) is 3.98. The van der Waals surface area contributed by atoms with Crippen LogP contribution in [0.2, 0.25) is 0 Å². The van der Waals surface area contributed by atoms with E-state index in [4.69, 9.17) is 17.0 Å². The highest BCUT2D eigenvalue weighted by molar-refractivity contribution is 7.92. The van der Waals surface area contributed by atoms with E-state index in [0.29, 0.717) is 16.3 Å². The number of hydrogen-bond donors (Lipinski definition) is 3. The fraction of sp³-hybridized carbons (Fsp3) is 0.235. The molecule has 0 spiro atoms. The van der Waals surface area contributed by atoms with Crippen molar-refractivity contribution in [2.24, 2.45) is 0 Å². The predicted octanol–water partition coefficient (Wildman–Crippen LogP) is 3.25. The number of sulfonamides is 1. The summed E-state index contributed by atoms with van der Waals surface area (Å²) < 4.78 is 32.5. The third kappa shape index (κ3) is 4.83. The molecule has 2 heterocycles.